The van der Waals surface area contributed by atoms with Crippen LogP contribution < -0.4 is 10.2 Å². The second kappa shape index (κ2) is 16.5. The predicted molar refractivity (Wildman–Crippen MR) is 189 cm³/mol. The lowest BCUT2D eigenvalue weighted by atomic mass is 9.89. The van der Waals surface area contributed by atoms with Crippen LogP contribution in [-0.2, 0) is 31.3 Å². The minimum Gasteiger partial charge on any atom is -0.457 e. The fraction of sp³-hybridized carbons (Fsp3) is 0.583. The van der Waals surface area contributed by atoms with Crippen molar-refractivity contribution in [3.63, 3.8) is 0 Å². The molecule has 3 aliphatic rings. The van der Waals surface area contributed by atoms with Crippen LogP contribution in [0.25, 0.3) is 6.08 Å². The van der Waals surface area contributed by atoms with Gasteiger partial charge in [0, 0.05) is 83.6 Å². The van der Waals surface area contributed by atoms with E-state index < -0.39 is 28.0 Å². The van der Waals surface area contributed by atoms with E-state index in [1.807, 2.05) is 50.0 Å². The summed E-state index contributed by atoms with van der Waals surface area (Å²) in [6, 6.07) is 4.75. The summed E-state index contributed by atoms with van der Waals surface area (Å²) in [5, 5.41) is 7.24. The lowest BCUT2D eigenvalue weighted by molar-refractivity contribution is -0.149. The van der Waals surface area contributed by atoms with Gasteiger partial charge in [0.1, 0.15) is 22.9 Å². The molecule has 5 rings (SSSR count). The molecule has 14 heteroatoms. The van der Waals surface area contributed by atoms with E-state index in [0.29, 0.717) is 37.4 Å². The molecule has 50 heavy (non-hydrogen) atoms. The molecule has 0 aliphatic carbocycles. The number of ether oxygens (including phenoxy) is 2. The first kappa shape index (κ1) is 37.5. The van der Waals surface area contributed by atoms with Crippen molar-refractivity contribution in [3.05, 3.63) is 59.7 Å². The zero-order valence-electron chi connectivity index (χ0n) is 29.8. The highest BCUT2D eigenvalue weighted by Gasteiger charge is 2.31. The topological polar surface area (TPSA) is 126 Å². The summed E-state index contributed by atoms with van der Waals surface area (Å²) in [7, 11) is -2.00. The highest BCUT2D eigenvalue weighted by atomic mass is 32.2. The Balaban J connectivity index is 1.33. The molecule has 2 aromatic rings. The van der Waals surface area contributed by atoms with Gasteiger partial charge in [-0.15, -0.1) is 0 Å². The van der Waals surface area contributed by atoms with Crippen LogP contribution in [0.2, 0.25) is 0 Å². The Morgan fingerprint density at radius 1 is 1.04 bits per heavy atom. The molecule has 1 amide bonds. The smallest absolute Gasteiger partial charge is 0.410 e. The van der Waals surface area contributed by atoms with Crippen molar-refractivity contribution in [1.82, 2.24) is 24.3 Å². The van der Waals surface area contributed by atoms with Gasteiger partial charge < -0.3 is 24.6 Å². The van der Waals surface area contributed by atoms with E-state index in [-0.39, 0.29) is 54.2 Å². The monoisotopic (exact) mass is 714 g/mol. The number of aryl methyl sites for hydroxylation is 1. The van der Waals surface area contributed by atoms with Crippen molar-refractivity contribution in [2.24, 2.45) is 24.8 Å². The van der Waals surface area contributed by atoms with Gasteiger partial charge in [-0.2, -0.15) is 9.40 Å². The number of cyclic esters (lactones) is 1. The third kappa shape index (κ3) is 9.52. The standard InChI is InChI=1S/C36H51FN6O6S/c1-25-6-7-26(2)33(48-36(45)42-12-10-38-11-13-42)9-8-27(3)35(49-34(44)18-25)28(4)19-29-20-30(37)22-31(21-29)41-14-16-43(17-15-41)50(46,47)32-23-39-40(5)24-32/h8-9,19-27,33,35,38H,6-7,10-18H2,1-5H3/b9-8+,28-19+/t25-,26+,27+,33+,35+/m1/s1. The maximum absolute atomic E-state index is 15.0. The number of halogens is 1. The summed E-state index contributed by atoms with van der Waals surface area (Å²) in [5.41, 5.74) is 1.99. The number of esters is 1. The van der Waals surface area contributed by atoms with E-state index >= 15 is 4.39 Å². The largest absolute Gasteiger partial charge is 0.457 e. The quantitative estimate of drug-likeness (QED) is 0.342. The number of hydrogen-bond donors (Lipinski definition) is 1. The van der Waals surface area contributed by atoms with Gasteiger partial charge in [-0.1, -0.05) is 32.9 Å². The first-order chi connectivity index (χ1) is 23.8. The molecular formula is C36H51FN6O6S. The lowest BCUT2D eigenvalue weighted by Crippen LogP contribution is -2.48. The zero-order chi connectivity index (χ0) is 36.0. The molecule has 0 radical (unpaired) electrons. The van der Waals surface area contributed by atoms with E-state index in [9.17, 15) is 18.0 Å². The number of sulfonamides is 1. The minimum atomic E-state index is -3.67. The number of rotatable bonds is 6. The van der Waals surface area contributed by atoms with Gasteiger partial charge in [-0.05, 0) is 67.0 Å². The summed E-state index contributed by atoms with van der Waals surface area (Å²) in [4.78, 5) is 30.0. The minimum absolute atomic E-state index is 0.0568. The van der Waals surface area contributed by atoms with Crippen LogP contribution >= 0.6 is 0 Å². The number of anilines is 1. The molecule has 4 heterocycles. The van der Waals surface area contributed by atoms with E-state index in [2.05, 4.69) is 17.3 Å². The molecule has 0 spiro atoms. The SMILES string of the molecule is C/C(=C\c1cc(F)cc(N2CCN(S(=O)(=O)c3cnn(C)c3)CC2)c1)[C@H]1OC(=O)C[C@H](C)CC[C@H](C)[C@@H](OC(=O)N2CCNCC2)/C=C/[C@@H]1C. The Labute approximate surface area is 295 Å². The van der Waals surface area contributed by atoms with Crippen LogP contribution in [0.5, 0.6) is 0 Å². The van der Waals surface area contributed by atoms with Gasteiger partial charge in [0.15, 0.2) is 0 Å². The van der Waals surface area contributed by atoms with Crippen molar-refractivity contribution < 1.29 is 31.9 Å². The number of benzene rings is 1. The molecule has 1 aromatic carbocycles. The molecule has 0 unspecified atom stereocenters. The van der Waals surface area contributed by atoms with Crippen LogP contribution in [0.3, 0.4) is 0 Å². The molecule has 2 fully saturated rings. The number of nitrogens with one attached hydrogen (secondary N) is 1. The number of carbonyl (C=O) groups excluding carboxylic acids is 2. The van der Waals surface area contributed by atoms with Gasteiger partial charge in [-0.3, -0.25) is 9.48 Å². The third-order valence-electron chi connectivity index (χ3n) is 9.81. The fourth-order valence-corrected chi connectivity index (χ4v) is 8.16. The molecule has 1 aromatic heterocycles. The van der Waals surface area contributed by atoms with E-state index in [1.165, 1.54) is 33.5 Å². The molecule has 5 atom stereocenters. The van der Waals surface area contributed by atoms with Crippen LogP contribution in [0, 0.1) is 23.6 Å². The second-order valence-electron chi connectivity index (χ2n) is 14.0. The Morgan fingerprint density at radius 3 is 2.44 bits per heavy atom. The molecule has 2 saturated heterocycles. The number of hydrogen-bond acceptors (Lipinski definition) is 9. The van der Waals surface area contributed by atoms with Crippen LogP contribution in [0.15, 0.2) is 53.2 Å². The van der Waals surface area contributed by atoms with Crippen LogP contribution in [-0.4, -0.2) is 104 Å². The van der Waals surface area contributed by atoms with Crippen molar-refractivity contribution in [3.8, 4) is 0 Å². The number of amides is 1. The average molecular weight is 715 g/mol. The van der Waals surface area contributed by atoms with Crippen molar-refractivity contribution in [2.45, 2.75) is 64.1 Å². The van der Waals surface area contributed by atoms with Gasteiger partial charge in [0.05, 0.1) is 6.20 Å². The number of piperazine rings is 2. The maximum Gasteiger partial charge on any atom is 0.410 e. The molecule has 12 nitrogen and oxygen atoms in total. The maximum atomic E-state index is 15.0. The average Bonchev–Trinajstić information content (AvgIpc) is 3.54. The molecule has 3 aliphatic heterocycles. The summed E-state index contributed by atoms with van der Waals surface area (Å²) >= 11 is 0. The molecule has 0 bridgehead atoms. The summed E-state index contributed by atoms with van der Waals surface area (Å²) < 4.78 is 56.2. The van der Waals surface area contributed by atoms with Crippen molar-refractivity contribution in [1.29, 1.82) is 0 Å². The molecule has 1 N–H and O–H groups in total. The number of carbonyl (C=O) groups is 2. The highest BCUT2D eigenvalue weighted by molar-refractivity contribution is 7.89. The second-order valence-corrected chi connectivity index (χ2v) is 15.9. The summed E-state index contributed by atoms with van der Waals surface area (Å²) in [6.07, 6.45) is 9.00. The molecular weight excluding hydrogens is 663 g/mol. The zero-order valence-corrected chi connectivity index (χ0v) is 30.6. The Bertz CT molecular complexity index is 1660. The number of nitrogens with zero attached hydrogens (tertiary/aromatic N) is 5. The van der Waals surface area contributed by atoms with E-state index in [1.54, 1.807) is 11.9 Å². The Kier molecular flexibility index (Phi) is 12.4. The Hall–Kier alpha value is -3.75. The highest BCUT2D eigenvalue weighted by Crippen LogP contribution is 2.29. The number of aromatic nitrogens is 2. The van der Waals surface area contributed by atoms with E-state index in [0.717, 1.165) is 31.5 Å². The third-order valence-corrected chi connectivity index (χ3v) is 11.7. The Morgan fingerprint density at radius 2 is 1.76 bits per heavy atom. The van der Waals surface area contributed by atoms with Gasteiger partial charge in [0.2, 0.25) is 10.0 Å². The van der Waals surface area contributed by atoms with Gasteiger partial charge in [-0.25, -0.2) is 17.6 Å². The van der Waals surface area contributed by atoms with Crippen LogP contribution in [0.1, 0.15) is 52.5 Å². The predicted octanol–water partition coefficient (Wildman–Crippen LogP) is 4.44. The normalized spacial score (nSPS) is 27.2. The first-order valence-electron chi connectivity index (χ1n) is 17.6. The molecule has 0 saturated carbocycles. The first-order valence-corrected chi connectivity index (χ1v) is 19.0. The summed E-state index contributed by atoms with van der Waals surface area (Å²) in [5.74, 6) is -0.831. The van der Waals surface area contributed by atoms with E-state index in [4.69, 9.17) is 9.47 Å². The van der Waals surface area contributed by atoms with Gasteiger partial charge >= 0.3 is 12.1 Å². The van der Waals surface area contributed by atoms with Crippen molar-refractivity contribution >= 4 is 33.8 Å². The summed E-state index contributed by atoms with van der Waals surface area (Å²) in [6.45, 7) is 11.9. The lowest BCUT2D eigenvalue weighted by Gasteiger charge is -2.35. The molecule has 274 valence electrons. The van der Waals surface area contributed by atoms with Gasteiger partial charge in [0.25, 0.3) is 0 Å². The van der Waals surface area contributed by atoms with Crippen LogP contribution in [0.4, 0.5) is 14.9 Å². The van der Waals surface area contributed by atoms with Crippen molar-refractivity contribution in [2.75, 3.05) is 57.3 Å². The fourth-order valence-electron chi connectivity index (χ4n) is 6.75.